The van der Waals surface area contributed by atoms with Crippen LogP contribution in [0.25, 0.3) is 0 Å². The van der Waals surface area contributed by atoms with Gasteiger partial charge in [0.25, 0.3) is 0 Å². The molecule has 31 heavy (non-hydrogen) atoms. The minimum absolute atomic E-state index is 0.0984. The second kappa shape index (κ2) is 10.9. The molecular weight excluding hydrogens is 396 g/mol. The minimum Gasteiger partial charge on any atom is -0.497 e. The van der Waals surface area contributed by atoms with Crippen LogP contribution in [-0.4, -0.2) is 20.2 Å². The van der Waals surface area contributed by atoms with E-state index in [1.165, 1.54) is 0 Å². The lowest BCUT2D eigenvalue weighted by atomic mass is 10.1. The highest BCUT2D eigenvalue weighted by Crippen LogP contribution is 2.31. The number of carbonyl (C=O) groups excluding carboxylic acids is 1. The second-order valence-electron chi connectivity index (χ2n) is 6.75. The van der Waals surface area contributed by atoms with Crippen molar-refractivity contribution >= 4 is 5.97 Å². The van der Waals surface area contributed by atoms with E-state index >= 15 is 0 Å². The van der Waals surface area contributed by atoms with E-state index < -0.39 is 5.97 Å². The van der Waals surface area contributed by atoms with E-state index in [4.69, 9.17) is 18.9 Å². The maximum Gasteiger partial charge on any atom is 0.310 e. The molecule has 0 unspecified atom stereocenters. The van der Waals surface area contributed by atoms with Crippen LogP contribution in [0.1, 0.15) is 16.7 Å². The Balaban J connectivity index is 1.74. The second-order valence-corrected chi connectivity index (χ2v) is 6.75. The zero-order chi connectivity index (χ0) is 22.1. The highest BCUT2D eigenvalue weighted by Gasteiger charge is 2.11. The van der Waals surface area contributed by atoms with Gasteiger partial charge in [0.2, 0.25) is 0 Å². The molecule has 0 saturated heterocycles. The summed E-state index contributed by atoms with van der Waals surface area (Å²) < 4.78 is 26.9. The fraction of sp³-hybridized carbons (Fsp3) is 0.200. The monoisotopic (exact) mass is 421 g/mol. The zero-order valence-corrected chi connectivity index (χ0v) is 17.6. The molecule has 0 heterocycles. The van der Waals surface area contributed by atoms with Crippen molar-refractivity contribution in [3.63, 3.8) is 0 Å². The van der Waals surface area contributed by atoms with Crippen LogP contribution < -0.4 is 18.9 Å². The lowest BCUT2D eigenvalue weighted by Gasteiger charge is -2.15. The molecule has 6 nitrogen and oxygen atoms in total. The van der Waals surface area contributed by atoms with Gasteiger partial charge in [-0.3, -0.25) is 4.79 Å². The Bertz CT molecular complexity index is 980. The van der Waals surface area contributed by atoms with Crippen molar-refractivity contribution in [2.75, 3.05) is 14.2 Å². The summed E-state index contributed by atoms with van der Waals surface area (Å²) in [6, 6.07) is 20.6. The minimum atomic E-state index is -0.423. The molecule has 0 spiro atoms. The van der Waals surface area contributed by atoms with E-state index in [0.717, 1.165) is 28.2 Å². The Morgan fingerprint density at radius 1 is 0.710 bits per heavy atom. The van der Waals surface area contributed by atoms with Crippen LogP contribution in [0.3, 0.4) is 0 Å². The quantitative estimate of drug-likeness (QED) is 0.441. The van der Waals surface area contributed by atoms with Gasteiger partial charge in [-0.1, -0.05) is 30.3 Å². The van der Waals surface area contributed by atoms with Crippen LogP contribution in [0.4, 0.5) is 0 Å². The van der Waals surface area contributed by atoms with Gasteiger partial charge in [-0.05, 0) is 53.1 Å². The summed E-state index contributed by atoms with van der Waals surface area (Å²) >= 11 is 0. The largest absolute Gasteiger partial charge is 0.497 e. The summed E-state index contributed by atoms with van der Waals surface area (Å²) in [5, 5.41) is 0. The van der Waals surface area contributed by atoms with Crippen LogP contribution in [0.2, 0.25) is 0 Å². The fourth-order valence-corrected chi connectivity index (χ4v) is 2.88. The van der Waals surface area contributed by atoms with Crippen molar-refractivity contribution in [1.29, 1.82) is 0 Å². The Kier molecular flexibility index (Phi) is 7.76. The Labute approximate surface area is 182 Å². The van der Waals surface area contributed by atoms with Crippen LogP contribution >= 0.6 is 0 Å². The molecule has 3 rings (SSSR count). The smallest absolute Gasteiger partial charge is 0.310 e. The molecule has 6 heteroatoms. The summed E-state index contributed by atoms with van der Waals surface area (Å²) in [6.45, 7) is 0.704. The van der Waals surface area contributed by atoms with Gasteiger partial charge in [0.05, 0.1) is 20.6 Å². The van der Waals surface area contributed by atoms with Crippen LogP contribution in [0, 0.1) is 7.11 Å². The van der Waals surface area contributed by atoms with E-state index in [-0.39, 0.29) is 6.42 Å². The average Bonchev–Trinajstić information content (AvgIpc) is 2.82. The molecule has 0 N–H and O–H groups in total. The van der Waals surface area contributed by atoms with E-state index in [2.05, 4.69) is 11.8 Å². The number of methoxy groups -OCH3 is 2. The molecule has 0 aliphatic carbocycles. The standard InChI is InChI=1S/C25H25O6/c1-27-21-9-4-18(5-10-21)16-30-23-13-8-20(15-25(26)29-3)14-24(23)31-17-19-6-11-22(28-2)12-7-19/h4-14H,3,15-17H2,1-2H3. The third-order valence-corrected chi connectivity index (χ3v) is 4.62. The summed E-state index contributed by atoms with van der Waals surface area (Å²) in [7, 11) is 6.42. The van der Waals surface area contributed by atoms with E-state index in [1.54, 1.807) is 32.4 Å². The topological polar surface area (TPSA) is 63.2 Å². The number of hydrogen-bond acceptors (Lipinski definition) is 6. The van der Waals surface area contributed by atoms with Gasteiger partial charge in [-0.15, -0.1) is 0 Å². The van der Waals surface area contributed by atoms with Crippen molar-refractivity contribution in [1.82, 2.24) is 0 Å². The highest BCUT2D eigenvalue weighted by molar-refractivity contribution is 5.73. The van der Waals surface area contributed by atoms with E-state index in [0.29, 0.717) is 24.7 Å². The van der Waals surface area contributed by atoms with Gasteiger partial charge in [0.1, 0.15) is 31.8 Å². The molecule has 161 valence electrons. The summed E-state index contributed by atoms with van der Waals surface area (Å²) in [5.74, 6) is 2.26. The summed E-state index contributed by atoms with van der Waals surface area (Å²) in [4.78, 5) is 11.6. The lowest BCUT2D eigenvalue weighted by molar-refractivity contribution is -0.137. The van der Waals surface area contributed by atoms with Gasteiger partial charge in [0, 0.05) is 0 Å². The molecule has 0 aromatic heterocycles. The molecule has 0 amide bonds. The normalized spacial score (nSPS) is 10.3. The molecule has 0 aliphatic rings. The van der Waals surface area contributed by atoms with Crippen molar-refractivity contribution in [2.24, 2.45) is 0 Å². The highest BCUT2D eigenvalue weighted by atomic mass is 16.5. The average molecular weight is 421 g/mol. The fourth-order valence-electron chi connectivity index (χ4n) is 2.88. The van der Waals surface area contributed by atoms with E-state index in [9.17, 15) is 4.79 Å². The first kappa shape index (κ1) is 22.0. The number of hydrogen-bond donors (Lipinski definition) is 0. The molecule has 0 fully saturated rings. The zero-order valence-electron chi connectivity index (χ0n) is 17.6. The van der Waals surface area contributed by atoms with E-state index in [1.807, 2.05) is 48.5 Å². The summed E-state index contributed by atoms with van der Waals surface area (Å²) in [6.07, 6.45) is 0.0984. The molecule has 0 saturated carbocycles. The molecule has 3 aromatic rings. The predicted molar refractivity (Wildman–Crippen MR) is 116 cm³/mol. The van der Waals surface area contributed by atoms with Crippen molar-refractivity contribution in [3.8, 4) is 23.0 Å². The van der Waals surface area contributed by atoms with Crippen LogP contribution in [-0.2, 0) is 29.2 Å². The maximum absolute atomic E-state index is 11.6. The first-order chi connectivity index (χ1) is 15.1. The molecule has 0 bridgehead atoms. The van der Waals surface area contributed by atoms with Gasteiger partial charge < -0.3 is 23.7 Å². The van der Waals surface area contributed by atoms with Crippen molar-refractivity contribution in [2.45, 2.75) is 19.6 Å². The SMILES string of the molecule is [CH2]OC(=O)Cc1ccc(OCc2ccc(OC)cc2)c(OCc2ccc(OC)cc2)c1. The number of ether oxygens (including phenoxy) is 5. The molecule has 0 aliphatic heterocycles. The Morgan fingerprint density at radius 2 is 1.19 bits per heavy atom. The molecule has 0 atom stereocenters. The third-order valence-electron chi connectivity index (χ3n) is 4.62. The predicted octanol–water partition coefficient (Wildman–Crippen LogP) is 4.74. The Morgan fingerprint density at radius 3 is 1.68 bits per heavy atom. The maximum atomic E-state index is 11.6. The first-order valence-electron chi connectivity index (χ1n) is 9.70. The molecular formula is C25H25O6. The van der Waals surface area contributed by atoms with Gasteiger partial charge in [0.15, 0.2) is 11.5 Å². The van der Waals surface area contributed by atoms with Gasteiger partial charge >= 0.3 is 5.97 Å². The van der Waals surface area contributed by atoms with Crippen LogP contribution in [0.5, 0.6) is 23.0 Å². The number of carbonyl (C=O) groups is 1. The van der Waals surface area contributed by atoms with Crippen LogP contribution in [0.15, 0.2) is 66.7 Å². The van der Waals surface area contributed by atoms with Gasteiger partial charge in [-0.2, -0.15) is 0 Å². The lowest BCUT2D eigenvalue weighted by Crippen LogP contribution is -2.05. The Hall–Kier alpha value is -3.67. The third kappa shape index (κ3) is 6.40. The van der Waals surface area contributed by atoms with Crippen molar-refractivity contribution < 1.29 is 28.5 Å². The van der Waals surface area contributed by atoms with Crippen molar-refractivity contribution in [3.05, 3.63) is 90.5 Å². The molecule has 1 radical (unpaired) electrons. The first-order valence-corrected chi connectivity index (χ1v) is 9.70. The number of rotatable bonds is 10. The number of esters is 1. The number of benzene rings is 3. The summed E-state index contributed by atoms with van der Waals surface area (Å²) in [5.41, 5.74) is 2.71. The molecule has 3 aromatic carbocycles. The van der Waals surface area contributed by atoms with Gasteiger partial charge in [-0.25, -0.2) is 0 Å².